The van der Waals surface area contributed by atoms with Gasteiger partial charge in [-0.25, -0.2) is 0 Å². The van der Waals surface area contributed by atoms with E-state index in [0.29, 0.717) is 17.6 Å². The summed E-state index contributed by atoms with van der Waals surface area (Å²) in [5.41, 5.74) is 0.295. The summed E-state index contributed by atoms with van der Waals surface area (Å²) in [5, 5.41) is 0. The lowest BCUT2D eigenvalue weighted by Crippen LogP contribution is -2.50. The lowest BCUT2D eigenvalue weighted by atomic mass is 9.99. The molecule has 0 aliphatic heterocycles. The van der Waals surface area contributed by atoms with Crippen molar-refractivity contribution in [1.82, 2.24) is 4.90 Å². The minimum atomic E-state index is 0.295. The van der Waals surface area contributed by atoms with Crippen molar-refractivity contribution in [3.8, 4) is 0 Å². The van der Waals surface area contributed by atoms with E-state index >= 15 is 0 Å². The average Bonchev–Trinajstić information content (AvgIpc) is 1.83. The van der Waals surface area contributed by atoms with Crippen LogP contribution in [0.1, 0.15) is 54.9 Å². The van der Waals surface area contributed by atoms with E-state index in [4.69, 9.17) is 0 Å². The smallest absolute Gasteiger partial charge is 0.0130 e. The van der Waals surface area contributed by atoms with Crippen LogP contribution in [-0.4, -0.2) is 22.5 Å². The molecule has 0 aliphatic rings. The minimum absolute atomic E-state index is 0.295. The Morgan fingerprint density at radius 3 is 1.58 bits per heavy atom. The Bertz CT molecular complexity index is 121. The molecule has 0 heterocycles. The topological polar surface area (TPSA) is 3.24 Å². The molecule has 0 bridgehead atoms. The van der Waals surface area contributed by atoms with Gasteiger partial charge in [-0.15, -0.1) is 0 Å². The van der Waals surface area contributed by atoms with E-state index in [0.717, 1.165) is 0 Å². The van der Waals surface area contributed by atoms with Crippen molar-refractivity contribution in [2.45, 2.75) is 72.5 Å². The van der Waals surface area contributed by atoms with Crippen molar-refractivity contribution in [3.63, 3.8) is 0 Å². The normalized spacial score (nSPS) is 15.8. The summed E-state index contributed by atoms with van der Waals surface area (Å²) in [7, 11) is 0. The zero-order chi connectivity index (χ0) is 9.94. The van der Waals surface area contributed by atoms with Crippen LogP contribution >= 0.6 is 0 Å². The van der Waals surface area contributed by atoms with Gasteiger partial charge >= 0.3 is 0 Å². The zero-order valence-electron chi connectivity index (χ0n) is 9.81. The molecule has 0 aromatic carbocycles. The van der Waals surface area contributed by atoms with Gasteiger partial charge in [0.2, 0.25) is 0 Å². The number of hydrogen-bond donors (Lipinski definition) is 0. The molecule has 0 saturated carbocycles. The van der Waals surface area contributed by atoms with Gasteiger partial charge in [-0.1, -0.05) is 6.92 Å². The van der Waals surface area contributed by atoms with E-state index in [-0.39, 0.29) is 0 Å². The molecule has 0 rings (SSSR count). The molecule has 0 aromatic rings. The third-order valence-corrected chi connectivity index (χ3v) is 2.40. The van der Waals surface area contributed by atoms with Crippen LogP contribution in [0.25, 0.3) is 0 Å². The van der Waals surface area contributed by atoms with Crippen molar-refractivity contribution >= 4 is 0 Å². The van der Waals surface area contributed by atoms with Crippen molar-refractivity contribution in [2.24, 2.45) is 0 Å². The first-order chi connectivity index (χ1) is 5.30. The molecule has 1 unspecified atom stereocenters. The lowest BCUT2D eigenvalue weighted by Gasteiger charge is -2.43. The van der Waals surface area contributed by atoms with Gasteiger partial charge in [0.1, 0.15) is 0 Å². The van der Waals surface area contributed by atoms with Crippen LogP contribution in [0, 0.1) is 0 Å². The molecule has 0 N–H and O–H groups in total. The summed E-state index contributed by atoms with van der Waals surface area (Å²) in [6, 6.07) is 1.32. The molecule has 0 aliphatic carbocycles. The van der Waals surface area contributed by atoms with Gasteiger partial charge in [-0.2, -0.15) is 0 Å². The van der Waals surface area contributed by atoms with Crippen molar-refractivity contribution in [3.05, 3.63) is 0 Å². The molecule has 74 valence electrons. The summed E-state index contributed by atoms with van der Waals surface area (Å²) in [5.74, 6) is 0. The second-order valence-corrected chi connectivity index (χ2v) is 4.93. The molecule has 0 amide bonds. The predicted octanol–water partition coefficient (Wildman–Crippen LogP) is 3.29. The van der Waals surface area contributed by atoms with Crippen LogP contribution in [0.15, 0.2) is 0 Å². The lowest BCUT2D eigenvalue weighted by molar-refractivity contribution is 0.0542. The first kappa shape index (κ1) is 12.0. The van der Waals surface area contributed by atoms with E-state index in [1.54, 1.807) is 0 Å². The highest BCUT2D eigenvalue weighted by atomic mass is 15.2. The SMILES string of the molecule is CCC(C)N(C(C)C)C(C)(C)C. The largest absolute Gasteiger partial charge is 0.293 e. The first-order valence-corrected chi connectivity index (χ1v) is 5.09. The second kappa shape index (κ2) is 4.27. The van der Waals surface area contributed by atoms with Crippen LogP contribution in [0.3, 0.4) is 0 Å². The van der Waals surface area contributed by atoms with Gasteiger partial charge in [0.15, 0.2) is 0 Å². The average molecular weight is 171 g/mol. The van der Waals surface area contributed by atoms with Gasteiger partial charge in [-0.3, -0.25) is 4.90 Å². The van der Waals surface area contributed by atoms with Crippen LogP contribution in [0.4, 0.5) is 0 Å². The fraction of sp³-hybridized carbons (Fsp3) is 1.00. The van der Waals surface area contributed by atoms with E-state index < -0.39 is 0 Å². The van der Waals surface area contributed by atoms with Crippen LogP contribution in [-0.2, 0) is 0 Å². The third kappa shape index (κ3) is 3.14. The summed E-state index contributed by atoms with van der Waals surface area (Å²) < 4.78 is 0. The maximum Gasteiger partial charge on any atom is 0.0130 e. The molecule has 0 fully saturated rings. The molecule has 0 radical (unpaired) electrons. The van der Waals surface area contributed by atoms with Crippen molar-refractivity contribution in [1.29, 1.82) is 0 Å². The van der Waals surface area contributed by atoms with E-state index in [1.165, 1.54) is 6.42 Å². The highest BCUT2D eigenvalue weighted by Gasteiger charge is 2.27. The summed E-state index contributed by atoms with van der Waals surface area (Å²) in [6.45, 7) is 16.0. The van der Waals surface area contributed by atoms with Crippen molar-refractivity contribution in [2.75, 3.05) is 0 Å². The molecule has 1 nitrogen and oxygen atoms in total. The van der Waals surface area contributed by atoms with Gasteiger partial charge < -0.3 is 0 Å². The highest BCUT2D eigenvalue weighted by molar-refractivity contribution is 4.82. The summed E-state index contributed by atoms with van der Waals surface area (Å²) >= 11 is 0. The molecule has 0 spiro atoms. The van der Waals surface area contributed by atoms with Gasteiger partial charge in [0.25, 0.3) is 0 Å². The standard InChI is InChI=1S/C11H25N/c1-8-10(4)12(9(2)3)11(5,6)7/h9-10H,8H2,1-7H3. The molecule has 0 saturated heterocycles. The van der Waals surface area contributed by atoms with E-state index in [9.17, 15) is 0 Å². The van der Waals surface area contributed by atoms with Crippen LogP contribution in [0.2, 0.25) is 0 Å². The molecular formula is C11H25N. The van der Waals surface area contributed by atoms with Gasteiger partial charge in [-0.05, 0) is 48.0 Å². The fourth-order valence-electron chi connectivity index (χ4n) is 2.14. The number of rotatable bonds is 3. The minimum Gasteiger partial charge on any atom is -0.293 e. The molecular weight excluding hydrogens is 146 g/mol. The quantitative estimate of drug-likeness (QED) is 0.630. The summed E-state index contributed by atoms with van der Waals surface area (Å²) in [6.07, 6.45) is 1.23. The maximum atomic E-state index is 2.58. The predicted molar refractivity (Wildman–Crippen MR) is 56.5 cm³/mol. The second-order valence-electron chi connectivity index (χ2n) is 4.93. The van der Waals surface area contributed by atoms with Gasteiger partial charge in [0, 0.05) is 17.6 Å². The number of hydrogen-bond acceptors (Lipinski definition) is 1. The Kier molecular flexibility index (Phi) is 4.25. The molecule has 1 heteroatoms. The van der Waals surface area contributed by atoms with E-state index in [2.05, 4.69) is 53.4 Å². The summed E-state index contributed by atoms with van der Waals surface area (Å²) in [4.78, 5) is 2.58. The third-order valence-electron chi connectivity index (χ3n) is 2.40. The molecule has 1 atom stereocenters. The Morgan fingerprint density at radius 1 is 1.08 bits per heavy atom. The van der Waals surface area contributed by atoms with E-state index in [1.807, 2.05) is 0 Å². The Hall–Kier alpha value is -0.0400. The number of nitrogens with zero attached hydrogens (tertiary/aromatic N) is 1. The highest BCUT2D eigenvalue weighted by Crippen LogP contribution is 2.21. The fourth-order valence-corrected chi connectivity index (χ4v) is 2.14. The first-order valence-electron chi connectivity index (χ1n) is 5.09. The van der Waals surface area contributed by atoms with Crippen LogP contribution < -0.4 is 0 Å². The Labute approximate surface area is 78.1 Å². The Balaban J connectivity index is 4.44. The molecule has 12 heavy (non-hydrogen) atoms. The molecule has 0 aromatic heterocycles. The van der Waals surface area contributed by atoms with Crippen molar-refractivity contribution < 1.29 is 0 Å². The Morgan fingerprint density at radius 2 is 1.50 bits per heavy atom. The monoisotopic (exact) mass is 171 g/mol. The van der Waals surface area contributed by atoms with Gasteiger partial charge in [0.05, 0.1) is 0 Å². The maximum absolute atomic E-state index is 2.58. The van der Waals surface area contributed by atoms with Crippen LogP contribution in [0.5, 0.6) is 0 Å². The zero-order valence-corrected chi connectivity index (χ0v) is 9.81.